The Morgan fingerprint density at radius 1 is 1.33 bits per heavy atom. The van der Waals surface area contributed by atoms with Crippen molar-refractivity contribution in [3.63, 3.8) is 0 Å². The van der Waals surface area contributed by atoms with Gasteiger partial charge in [0, 0.05) is 19.8 Å². The molecule has 0 radical (unpaired) electrons. The first-order valence-electron chi connectivity index (χ1n) is 7.43. The lowest BCUT2D eigenvalue weighted by Crippen LogP contribution is -2.11. The Bertz CT molecular complexity index is 438. The van der Waals surface area contributed by atoms with Gasteiger partial charge in [-0.2, -0.15) is 0 Å². The van der Waals surface area contributed by atoms with Gasteiger partial charge >= 0.3 is 5.97 Å². The molecule has 0 amide bonds. The Morgan fingerprint density at radius 2 is 2.10 bits per heavy atom. The van der Waals surface area contributed by atoms with E-state index in [1.54, 1.807) is 13.0 Å². The summed E-state index contributed by atoms with van der Waals surface area (Å²) in [5, 5.41) is 3.15. The fourth-order valence-electron chi connectivity index (χ4n) is 1.69. The molecular formula is C15H25N3O3. The van der Waals surface area contributed by atoms with Crippen LogP contribution in [0.15, 0.2) is 12.3 Å². The highest BCUT2D eigenvalue weighted by Crippen LogP contribution is 2.16. The van der Waals surface area contributed by atoms with Crippen LogP contribution in [0.25, 0.3) is 0 Å². The third-order valence-corrected chi connectivity index (χ3v) is 2.84. The number of hydrogen-bond donors (Lipinski definition) is 2. The molecule has 0 atom stereocenters. The first-order valence-corrected chi connectivity index (χ1v) is 7.43. The summed E-state index contributed by atoms with van der Waals surface area (Å²) < 4.78 is 10.4. The van der Waals surface area contributed by atoms with Crippen molar-refractivity contribution in [3.8, 4) is 0 Å². The zero-order chi connectivity index (χ0) is 15.5. The van der Waals surface area contributed by atoms with Crippen LogP contribution in [-0.2, 0) is 9.47 Å². The van der Waals surface area contributed by atoms with E-state index in [0.29, 0.717) is 30.3 Å². The van der Waals surface area contributed by atoms with Gasteiger partial charge in [-0.15, -0.1) is 0 Å². The highest BCUT2D eigenvalue weighted by molar-refractivity contribution is 5.95. The summed E-state index contributed by atoms with van der Waals surface area (Å²) in [5.74, 6) is 0.184. The molecule has 0 aliphatic carbocycles. The number of nitrogen functional groups attached to an aromatic ring is 1. The van der Waals surface area contributed by atoms with Gasteiger partial charge in [-0.3, -0.25) is 0 Å². The number of aromatic nitrogens is 1. The van der Waals surface area contributed by atoms with Crippen molar-refractivity contribution in [3.05, 3.63) is 17.8 Å². The summed E-state index contributed by atoms with van der Waals surface area (Å²) in [6.45, 7) is 6.46. The third kappa shape index (κ3) is 6.44. The molecule has 0 aromatic carbocycles. The zero-order valence-corrected chi connectivity index (χ0v) is 12.9. The molecule has 1 rings (SSSR count). The Hall–Kier alpha value is -1.82. The maximum Gasteiger partial charge on any atom is 0.340 e. The number of nitrogens with zero attached hydrogens (tertiary/aromatic N) is 1. The molecular weight excluding hydrogens is 270 g/mol. The second kappa shape index (κ2) is 9.99. The van der Waals surface area contributed by atoms with Gasteiger partial charge in [-0.05, 0) is 25.8 Å². The number of hydrogen-bond acceptors (Lipinski definition) is 6. The second-order valence-electron chi connectivity index (χ2n) is 4.62. The normalized spacial score (nSPS) is 10.4. The number of pyridine rings is 1. The number of carbonyl (C=O) groups excluding carboxylic acids is 1. The summed E-state index contributed by atoms with van der Waals surface area (Å²) in [5.41, 5.74) is 6.39. The molecule has 21 heavy (non-hydrogen) atoms. The van der Waals surface area contributed by atoms with Crippen LogP contribution in [0.2, 0.25) is 0 Å². The van der Waals surface area contributed by atoms with Crippen molar-refractivity contribution < 1.29 is 14.3 Å². The zero-order valence-electron chi connectivity index (χ0n) is 12.9. The van der Waals surface area contributed by atoms with E-state index in [0.717, 1.165) is 32.4 Å². The van der Waals surface area contributed by atoms with Crippen molar-refractivity contribution >= 4 is 17.5 Å². The summed E-state index contributed by atoms with van der Waals surface area (Å²) in [4.78, 5) is 15.9. The maximum absolute atomic E-state index is 11.7. The fraction of sp³-hybridized carbons (Fsp3) is 0.600. The van der Waals surface area contributed by atoms with Gasteiger partial charge in [-0.1, -0.05) is 13.3 Å². The summed E-state index contributed by atoms with van der Waals surface area (Å²) in [7, 11) is 0. The molecule has 118 valence electrons. The highest BCUT2D eigenvalue weighted by atomic mass is 16.5. The van der Waals surface area contributed by atoms with Gasteiger partial charge in [0.15, 0.2) is 0 Å². The van der Waals surface area contributed by atoms with Crippen molar-refractivity contribution in [1.29, 1.82) is 0 Å². The van der Waals surface area contributed by atoms with Crippen molar-refractivity contribution in [1.82, 2.24) is 4.98 Å². The molecule has 3 N–H and O–H groups in total. The first kappa shape index (κ1) is 17.2. The second-order valence-corrected chi connectivity index (χ2v) is 4.62. The number of rotatable bonds is 10. The SMILES string of the molecule is CCCCOCCCNc1cc(C(=O)OCC)c(N)cn1. The van der Waals surface area contributed by atoms with Crippen LogP contribution in [0.3, 0.4) is 0 Å². The lowest BCUT2D eigenvalue weighted by molar-refractivity contribution is 0.0527. The minimum Gasteiger partial charge on any atom is -0.462 e. The molecule has 6 heteroatoms. The summed E-state index contributed by atoms with van der Waals surface area (Å²) in [6, 6.07) is 1.62. The molecule has 1 aromatic rings. The number of unbranched alkanes of at least 4 members (excludes halogenated alkanes) is 1. The number of ether oxygens (including phenoxy) is 2. The molecule has 0 aliphatic heterocycles. The molecule has 0 fully saturated rings. The van der Waals surface area contributed by atoms with Gasteiger partial charge in [0.2, 0.25) is 0 Å². The van der Waals surface area contributed by atoms with Crippen LogP contribution in [-0.4, -0.2) is 37.3 Å². The topological polar surface area (TPSA) is 86.5 Å². The van der Waals surface area contributed by atoms with Crippen LogP contribution >= 0.6 is 0 Å². The molecule has 0 bridgehead atoms. The number of nitrogens with two attached hydrogens (primary N) is 1. The van der Waals surface area contributed by atoms with E-state index in [9.17, 15) is 4.79 Å². The van der Waals surface area contributed by atoms with Crippen LogP contribution in [0.4, 0.5) is 11.5 Å². The van der Waals surface area contributed by atoms with E-state index in [1.807, 2.05) is 0 Å². The fourth-order valence-corrected chi connectivity index (χ4v) is 1.69. The number of nitrogens with one attached hydrogen (secondary N) is 1. The maximum atomic E-state index is 11.7. The Labute approximate surface area is 126 Å². The van der Waals surface area contributed by atoms with E-state index < -0.39 is 5.97 Å². The molecule has 1 aromatic heterocycles. The van der Waals surface area contributed by atoms with E-state index in [-0.39, 0.29) is 0 Å². The van der Waals surface area contributed by atoms with Gasteiger partial charge in [-0.25, -0.2) is 9.78 Å². The van der Waals surface area contributed by atoms with E-state index in [2.05, 4.69) is 17.2 Å². The van der Waals surface area contributed by atoms with Crippen LogP contribution < -0.4 is 11.1 Å². The van der Waals surface area contributed by atoms with Gasteiger partial charge < -0.3 is 20.5 Å². The Balaban J connectivity index is 2.38. The average molecular weight is 295 g/mol. The minimum atomic E-state index is -0.427. The molecule has 0 saturated heterocycles. The van der Waals surface area contributed by atoms with Crippen LogP contribution in [0.1, 0.15) is 43.5 Å². The summed E-state index contributed by atoms with van der Waals surface area (Å²) >= 11 is 0. The average Bonchev–Trinajstić information content (AvgIpc) is 2.48. The quantitative estimate of drug-likeness (QED) is 0.509. The standard InChI is InChI=1S/C15H25N3O3/c1-3-5-8-20-9-6-7-17-14-10-12(13(16)11-18-14)15(19)21-4-2/h10-11H,3-9,16H2,1-2H3,(H,17,18). The van der Waals surface area contributed by atoms with Crippen molar-refractivity contribution in [2.45, 2.75) is 33.1 Å². The third-order valence-electron chi connectivity index (χ3n) is 2.84. The number of anilines is 2. The van der Waals surface area contributed by atoms with E-state index in [1.165, 1.54) is 6.20 Å². The predicted molar refractivity (Wildman–Crippen MR) is 83.4 cm³/mol. The molecule has 0 aliphatic rings. The largest absolute Gasteiger partial charge is 0.462 e. The van der Waals surface area contributed by atoms with Gasteiger partial charge in [0.25, 0.3) is 0 Å². The molecule has 0 unspecified atom stereocenters. The monoisotopic (exact) mass is 295 g/mol. The highest BCUT2D eigenvalue weighted by Gasteiger charge is 2.12. The molecule has 0 spiro atoms. The van der Waals surface area contributed by atoms with Crippen LogP contribution in [0.5, 0.6) is 0 Å². The number of esters is 1. The van der Waals surface area contributed by atoms with Crippen LogP contribution in [0, 0.1) is 0 Å². The lowest BCUT2D eigenvalue weighted by Gasteiger charge is -2.09. The molecule has 0 saturated carbocycles. The predicted octanol–water partition coefficient (Wildman–Crippen LogP) is 2.46. The van der Waals surface area contributed by atoms with Gasteiger partial charge in [0.05, 0.1) is 24.1 Å². The van der Waals surface area contributed by atoms with E-state index in [4.69, 9.17) is 15.2 Å². The van der Waals surface area contributed by atoms with Crippen molar-refractivity contribution in [2.24, 2.45) is 0 Å². The Kier molecular flexibility index (Phi) is 8.19. The molecule has 1 heterocycles. The Morgan fingerprint density at radius 3 is 2.81 bits per heavy atom. The lowest BCUT2D eigenvalue weighted by atomic mass is 10.2. The van der Waals surface area contributed by atoms with Crippen molar-refractivity contribution in [2.75, 3.05) is 37.4 Å². The smallest absolute Gasteiger partial charge is 0.340 e. The number of carbonyl (C=O) groups is 1. The summed E-state index contributed by atoms with van der Waals surface area (Å²) in [6.07, 6.45) is 4.58. The molecule has 6 nitrogen and oxygen atoms in total. The minimum absolute atomic E-state index is 0.318. The van der Waals surface area contributed by atoms with E-state index >= 15 is 0 Å². The first-order chi connectivity index (χ1) is 10.2. The van der Waals surface area contributed by atoms with Gasteiger partial charge in [0.1, 0.15) is 5.82 Å².